The number of carbonyl (C=O) groups is 2. The van der Waals surface area contributed by atoms with Crippen LogP contribution in [-0.2, 0) is 14.3 Å². The highest BCUT2D eigenvalue weighted by molar-refractivity contribution is 5.89. The number of nitrogens with zero attached hydrogens (tertiary/aromatic N) is 2. The average Bonchev–Trinajstić information content (AvgIpc) is 3.23. The van der Waals surface area contributed by atoms with Crippen LogP contribution >= 0.6 is 0 Å². The number of nitriles is 1. The van der Waals surface area contributed by atoms with Crippen molar-refractivity contribution in [2.24, 2.45) is 0 Å². The number of esters is 2. The van der Waals surface area contributed by atoms with Gasteiger partial charge in [0.2, 0.25) is 0 Å². The molecule has 0 N–H and O–H groups in total. The number of benzene rings is 2. The highest BCUT2D eigenvalue weighted by Gasteiger charge is 2.15. The van der Waals surface area contributed by atoms with E-state index in [1.807, 2.05) is 35.0 Å². The summed E-state index contributed by atoms with van der Waals surface area (Å²) in [5.41, 5.74) is 3.29. The summed E-state index contributed by atoms with van der Waals surface area (Å²) in [5, 5.41) is 9.69. The van der Waals surface area contributed by atoms with E-state index in [-0.39, 0.29) is 11.9 Å². The third kappa shape index (κ3) is 5.55. The van der Waals surface area contributed by atoms with Gasteiger partial charge < -0.3 is 18.8 Å². The molecule has 3 rings (SSSR count). The topological polar surface area (TPSA) is 90.6 Å². The van der Waals surface area contributed by atoms with Crippen LogP contribution in [0.25, 0.3) is 16.8 Å². The van der Waals surface area contributed by atoms with Crippen LogP contribution in [-0.4, -0.2) is 36.3 Å². The zero-order valence-corrected chi connectivity index (χ0v) is 18.0. The van der Waals surface area contributed by atoms with Gasteiger partial charge in [0, 0.05) is 42.6 Å². The lowest BCUT2D eigenvalue weighted by Crippen LogP contribution is -2.06. The Morgan fingerprint density at radius 1 is 0.969 bits per heavy atom. The Hall–Kier alpha value is -4.05. The molecule has 3 aromatic rings. The predicted octanol–water partition coefficient (Wildman–Crippen LogP) is 4.52. The summed E-state index contributed by atoms with van der Waals surface area (Å²) in [4.78, 5) is 22.7. The Balaban J connectivity index is 1.82. The molecule has 0 aliphatic rings. The van der Waals surface area contributed by atoms with Gasteiger partial charge >= 0.3 is 11.9 Å². The number of aromatic nitrogens is 1. The zero-order chi connectivity index (χ0) is 22.9. The first-order valence-corrected chi connectivity index (χ1v) is 10.3. The molecule has 0 aliphatic carbocycles. The lowest BCUT2D eigenvalue weighted by atomic mass is 10.0. The number of carbonyl (C=O) groups excluding carboxylic acids is 2. The van der Waals surface area contributed by atoms with Crippen LogP contribution in [0.4, 0.5) is 0 Å². The first-order valence-electron chi connectivity index (χ1n) is 10.3. The van der Waals surface area contributed by atoms with Gasteiger partial charge in [-0.1, -0.05) is 18.2 Å². The van der Waals surface area contributed by atoms with Crippen LogP contribution in [0.2, 0.25) is 0 Å². The Morgan fingerprint density at radius 3 is 2.41 bits per heavy atom. The molecule has 0 atom stereocenters. The molecule has 1 aromatic heterocycles. The second-order valence-electron chi connectivity index (χ2n) is 6.91. The van der Waals surface area contributed by atoms with Gasteiger partial charge in [0.15, 0.2) is 0 Å². The molecule has 7 nitrogen and oxygen atoms in total. The fourth-order valence-corrected chi connectivity index (χ4v) is 3.16. The monoisotopic (exact) mass is 432 g/mol. The molecular weight excluding hydrogens is 408 g/mol. The lowest BCUT2D eigenvalue weighted by molar-refractivity contribution is -0.141. The third-order valence-electron chi connectivity index (χ3n) is 4.65. The summed E-state index contributed by atoms with van der Waals surface area (Å²) in [6, 6.07) is 16.7. The molecular formula is C25H24N2O5. The molecule has 0 unspecified atom stereocenters. The molecule has 0 spiro atoms. The summed E-state index contributed by atoms with van der Waals surface area (Å²) in [7, 11) is 0. The largest absolute Gasteiger partial charge is 0.493 e. The van der Waals surface area contributed by atoms with E-state index in [2.05, 4.69) is 6.07 Å². The SMILES string of the molecule is CCOC(=O)c1ccc(-n2cc(C#N)c(-c3ccccc3OCCCOC(C)=O)c2)cc1. The Bertz CT molecular complexity index is 1130. The van der Waals surface area contributed by atoms with Crippen molar-refractivity contribution < 1.29 is 23.8 Å². The van der Waals surface area contributed by atoms with E-state index in [0.29, 0.717) is 43.1 Å². The summed E-state index contributed by atoms with van der Waals surface area (Å²) >= 11 is 0. The fraction of sp³-hybridized carbons (Fsp3) is 0.240. The van der Waals surface area contributed by atoms with Crippen molar-refractivity contribution in [2.45, 2.75) is 20.3 Å². The molecule has 0 aliphatic heterocycles. The van der Waals surface area contributed by atoms with E-state index in [1.165, 1.54) is 6.92 Å². The van der Waals surface area contributed by atoms with Gasteiger partial charge in [0.25, 0.3) is 0 Å². The van der Waals surface area contributed by atoms with E-state index in [4.69, 9.17) is 14.2 Å². The predicted molar refractivity (Wildman–Crippen MR) is 119 cm³/mol. The number of para-hydroxylation sites is 1. The van der Waals surface area contributed by atoms with Gasteiger partial charge in [-0.2, -0.15) is 5.26 Å². The van der Waals surface area contributed by atoms with Crippen LogP contribution in [0.5, 0.6) is 5.75 Å². The first-order chi connectivity index (χ1) is 15.5. The van der Waals surface area contributed by atoms with Crippen LogP contribution in [0, 0.1) is 11.3 Å². The highest BCUT2D eigenvalue weighted by Crippen LogP contribution is 2.33. The van der Waals surface area contributed by atoms with Crippen LogP contribution in [0.1, 0.15) is 36.2 Å². The minimum atomic E-state index is -0.371. The van der Waals surface area contributed by atoms with Crippen LogP contribution in [0.15, 0.2) is 60.9 Å². The maximum atomic E-state index is 11.9. The molecule has 0 bridgehead atoms. The van der Waals surface area contributed by atoms with Crippen molar-refractivity contribution in [3.63, 3.8) is 0 Å². The molecule has 0 saturated heterocycles. The quantitative estimate of drug-likeness (QED) is 0.365. The normalized spacial score (nSPS) is 10.3. The maximum Gasteiger partial charge on any atom is 0.338 e. The molecule has 0 saturated carbocycles. The van der Waals surface area contributed by atoms with Gasteiger partial charge in [-0.15, -0.1) is 0 Å². The number of hydrogen-bond donors (Lipinski definition) is 0. The van der Waals surface area contributed by atoms with Crippen molar-refractivity contribution in [2.75, 3.05) is 19.8 Å². The standard InChI is InChI=1S/C25H24N2O5/c1-3-30-25(29)19-9-11-21(12-10-19)27-16-20(15-26)23(17-27)22-7-4-5-8-24(22)32-14-6-13-31-18(2)28/h4-5,7-12,16-17H,3,6,13-14H2,1-2H3. The molecule has 0 fully saturated rings. The molecule has 2 aromatic carbocycles. The van der Waals surface area contributed by atoms with E-state index in [9.17, 15) is 14.9 Å². The second-order valence-corrected chi connectivity index (χ2v) is 6.91. The van der Waals surface area contributed by atoms with Crippen molar-refractivity contribution in [1.82, 2.24) is 4.57 Å². The number of ether oxygens (including phenoxy) is 3. The maximum absolute atomic E-state index is 11.9. The second kappa shape index (κ2) is 10.8. The summed E-state index contributed by atoms with van der Waals surface area (Å²) < 4.78 is 17.7. The molecule has 0 radical (unpaired) electrons. The molecule has 0 amide bonds. The Kier molecular flexibility index (Phi) is 7.65. The van der Waals surface area contributed by atoms with Gasteiger partial charge in [-0.05, 0) is 37.3 Å². The molecule has 164 valence electrons. The van der Waals surface area contributed by atoms with Gasteiger partial charge in [0.1, 0.15) is 11.8 Å². The van der Waals surface area contributed by atoms with Crippen LogP contribution in [0.3, 0.4) is 0 Å². The lowest BCUT2D eigenvalue weighted by Gasteiger charge is -2.11. The van der Waals surface area contributed by atoms with Crippen molar-refractivity contribution in [3.05, 3.63) is 72.1 Å². The van der Waals surface area contributed by atoms with Gasteiger partial charge in [0.05, 0.1) is 30.9 Å². The summed E-state index contributed by atoms with van der Waals surface area (Å²) in [6.07, 6.45) is 4.16. The van der Waals surface area contributed by atoms with E-state index in [1.54, 1.807) is 37.4 Å². The third-order valence-corrected chi connectivity index (χ3v) is 4.65. The minimum absolute atomic E-state index is 0.291. The van der Waals surface area contributed by atoms with Crippen LogP contribution < -0.4 is 4.74 Å². The van der Waals surface area contributed by atoms with E-state index in [0.717, 1.165) is 16.8 Å². The number of hydrogen-bond acceptors (Lipinski definition) is 6. The van der Waals surface area contributed by atoms with Gasteiger partial charge in [-0.25, -0.2) is 4.79 Å². The highest BCUT2D eigenvalue weighted by atomic mass is 16.5. The fourth-order valence-electron chi connectivity index (χ4n) is 3.16. The first kappa shape index (κ1) is 22.6. The Labute approximate surface area is 186 Å². The van der Waals surface area contributed by atoms with E-state index >= 15 is 0 Å². The minimum Gasteiger partial charge on any atom is -0.493 e. The molecule has 7 heteroatoms. The zero-order valence-electron chi connectivity index (χ0n) is 18.0. The van der Waals surface area contributed by atoms with Crippen molar-refractivity contribution in [1.29, 1.82) is 5.26 Å². The van der Waals surface area contributed by atoms with Crippen molar-refractivity contribution >= 4 is 11.9 Å². The molecule has 32 heavy (non-hydrogen) atoms. The Morgan fingerprint density at radius 2 is 1.72 bits per heavy atom. The molecule has 1 heterocycles. The summed E-state index contributed by atoms with van der Waals surface area (Å²) in [6.45, 7) is 4.12. The number of rotatable bonds is 9. The van der Waals surface area contributed by atoms with Gasteiger partial charge in [-0.3, -0.25) is 4.79 Å². The average molecular weight is 432 g/mol. The van der Waals surface area contributed by atoms with Crippen molar-refractivity contribution in [3.8, 4) is 28.6 Å². The van der Waals surface area contributed by atoms with E-state index < -0.39 is 0 Å². The summed E-state index contributed by atoms with van der Waals surface area (Å²) in [5.74, 6) is -0.0485. The smallest absolute Gasteiger partial charge is 0.338 e.